The number of hydrogen-bond acceptors (Lipinski definition) is 7. The number of hydrogen-bond donors (Lipinski definition) is 0. The predicted molar refractivity (Wildman–Crippen MR) is 123 cm³/mol. The van der Waals surface area contributed by atoms with Crippen LogP contribution in [0.5, 0.6) is 5.75 Å². The number of halogens is 3. The van der Waals surface area contributed by atoms with E-state index in [4.69, 9.17) is 4.74 Å². The second kappa shape index (κ2) is 10.8. The Hall–Kier alpha value is -4.22. The average molecular weight is 516 g/mol. The zero-order valence-electron chi connectivity index (χ0n) is 19.7. The highest BCUT2D eigenvalue weighted by Gasteiger charge is 2.46. The molecule has 1 aliphatic carbocycles. The number of nitrogens with zero attached hydrogens (tertiary/aromatic N) is 4. The van der Waals surface area contributed by atoms with Gasteiger partial charge in [0, 0.05) is 11.6 Å². The average Bonchev–Trinajstić information content (AvgIpc) is 3.59. The van der Waals surface area contributed by atoms with Crippen molar-refractivity contribution in [3.05, 3.63) is 77.9 Å². The van der Waals surface area contributed by atoms with Crippen molar-refractivity contribution < 1.29 is 37.0 Å². The number of amides is 1. The molecule has 3 aromatic rings. The van der Waals surface area contributed by atoms with Crippen molar-refractivity contribution in [1.29, 1.82) is 0 Å². The third-order valence-corrected chi connectivity index (χ3v) is 5.49. The Morgan fingerprint density at radius 1 is 1.08 bits per heavy atom. The Labute approximate surface area is 209 Å². The van der Waals surface area contributed by atoms with E-state index in [1.807, 2.05) is 30.3 Å². The van der Waals surface area contributed by atoms with Gasteiger partial charge in [-0.1, -0.05) is 30.3 Å². The van der Waals surface area contributed by atoms with E-state index in [0.717, 1.165) is 34.7 Å². The lowest BCUT2D eigenvalue weighted by atomic mass is 10.1. The van der Waals surface area contributed by atoms with Crippen molar-refractivity contribution >= 4 is 17.7 Å². The van der Waals surface area contributed by atoms with Crippen molar-refractivity contribution in [3.8, 4) is 5.75 Å². The van der Waals surface area contributed by atoms with E-state index in [0.29, 0.717) is 19.4 Å². The molecule has 1 atom stereocenters. The number of ether oxygens (including phenoxy) is 2. The van der Waals surface area contributed by atoms with Crippen LogP contribution in [0, 0.1) is 0 Å². The van der Waals surface area contributed by atoms with Crippen molar-refractivity contribution in [2.75, 3.05) is 6.61 Å². The van der Waals surface area contributed by atoms with Crippen LogP contribution in [0.25, 0.3) is 0 Å². The third-order valence-electron chi connectivity index (χ3n) is 5.49. The van der Waals surface area contributed by atoms with E-state index < -0.39 is 41.9 Å². The maximum absolute atomic E-state index is 13.5. The van der Waals surface area contributed by atoms with Crippen LogP contribution in [0.15, 0.2) is 60.9 Å². The first-order valence-electron chi connectivity index (χ1n) is 11.5. The molecule has 12 heteroatoms. The van der Waals surface area contributed by atoms with Gasteiger partial charge in [-0.15, -0.1) is 18.3 Å². The van der Waals surface area contributed by atoms with Gasteiger partial charge in [-0.05, 0) is 49.6 Å². The maximum Gasteiger partial charge on any atom is 0.573 e. The molecule has 1 fully saturated rings. The molecule has 1 aliphatic rings. The second-order valence-corrected chi connectivity index (χ2v) is 8.29. The van der Waals surface area contributed by atoms with Crippen LogP contribution < -0.4 is 4.74 Å². The van der Waals surface area contributed by atoms with Crippen LogP contribution in [0.2, 0.25) is 0 Å². The van der Waals surface area contributed by atoms with Gasteiger partial charge in [-0.2, -0.15) is 0 Å². The number of carbonyl (C=O) groups excluding carboxylic acids is 3. The fourth-order valence-electron chi connectivity index (χ4n) is 3.74. The van der Waals surface area contributed by atoms with Gasteiger partial charge in [0.1, 0.15) is 12.1 Å². The standard InChI is InChI=1S/C25H23F3N4O5/c1-2-36-24(35)20(21(33)22-29-15-31(30-22)14-16-6-4-3-5-7-16)32(18-10-11-18)23(34)17-8-12-19(13-9-17)37-25(26,27)28/h3-9,12-13,15,18,20H,2,10-11,14H2,1H3. The Morgan fingerprint density at radius 2 is 1.76 bits per heavy atom. The highest BCUT2D eigenvalue weighted by molar-refractivity contribution is 6.13. The van der Waals surface area contributed by atoms with E-state index >= 15 is 0 Å². The van der Waals surface area contributed by atoms with E-state index in [9.17, 15) is 27.6 Å². The maximum atomic E-state index is 13.5. The molecule has 1 unspecified atom stereocenters. The number of aromatic nitrogens is 3. The third kappa shape index (κ3) is 6.51. The lowest BCUT2D eigenvalue weighted by molar-refractivity contribution is -0.274. The molecule has 194 valence electrons. The second-order valence-electron chi connectivity index (χ2n) is 8.29. The number of esters is 1. The Bertz CT molecular complexity index is 1260. The van der Waals surface area contributed by atoms with Crippen LogP contribution in [-0.4, -0.2) is 62.4 Å². The Morgan fingerprint density at radius 3 is 2.35 bits per heavy atom. The van der Waals surface area contributed by atoms with Crippen LogP contribution in [0.4, 0.5) is 13.2 Å². The number of Topliss-reactive ketones (excluding diaryl/α,β-unsaturated/α-hetero) is 1. The first kappa shape index (κ1) is 25.9. The van der Waals surface area contributed by atoms with Gasteiger partial charge in [-0.3, -0.25) is 9.59 Å². The monoisotopic (exact) mass is 516 g/mol. The largest absolute Gasteiger partial charge is 0.573 e. The molecule has 1 amide bonds. The topological polar surface area (TPSA) is 104 Å². The molecular weight excluding hydrogens is 493 g/mol. The van der Waals surface area contributed by atoms with Gasteiger partial charge in [0.15, 0.2) is 6.04 Å². The summed E-state index contributed by atoms with van der Waals surface area (Å²) in [6, 6.07) is 11.5. The van der Waals surface area contributed by atoms with E-state index in [1.54, 1.807) is 6.92 Å². The Balaban J connectivity index is 1.60. The molecule has 0 aliphatic heterocycles. The van der Waals surface area contributed by atoms with Crippen LogP contribution in [-0.2, 0) is 16.1 Å². The minimum atomic E-state index is -4.89. The number of ketones is 1. The SMILES string of the molecule is CCOC(=O)C(C(=O)c1ncn(Cc2ccccc2)n1)N(C(=O)c1ccc(OC(F)(F)F)cc1)C1CC1. The molecule has 0 bridgehead atoms. The number of carbonyl (C=O) groups is 3. The fourth-order valence-corrected chi connectivity index (χ4v) is 3.74. The molecule has 0 N–H and O–H groups in total. The molecule has 1 heterocycles. The highest BCUT2D eigenvalue weighted by Crippen LogP contribution is 2.32. The van der Waals surface area contributed by atoms with Crippen molar-refractivity contribution in [2.45, 2.75) is 44.8 Å². The van der Waals surface area contributed by atoms with Crippen molar-refractivity contribution in [1.82, 2.24) is 19.7 Å². The van der Waals surface area contributed by atoms with Crippen LogP contribution in [0.3, 0.4) is 0 Å². The van der Waals surface area contributed by atoms with E-state index in [-0.39, 0.29) is 18.0 Å². The van der Waals surface area contributed by atoms with Crippen molar-refractivity contribution in [3.63, 3.8) is 0 Å². The summed E-state index contributed by atoms with van der Waals surface area (Å²) in [6.07, 6.45) is -2.45. The summed E-state index contributed by atoms with van der Waals surface area (Å²) >= 11 is 0. The van der Waals surface area contributed by atoms with Gasteiger partial charge in [-0.25, -0.2) is 14.5 Å². The molecule has 4 rings (SSSR count). The van der Waals surface area contributed by atoms with E-state index in [2.05, 4.69) is 14.8 Å². The zero-order chi connectivity index (χ0) is 26.6. The summed E-state index contributed by atoms with van der Waals surface area (Å²) in [5.41, 5.74) is 0.896. The molecule has 1 aromatic heterocycles. The normalized spacial score (nSPS) is 14.1. The molecule has 0 spiro atoms. The minimum Gasteiger partial charge on any atom is -0.464 e. The summed E-state index contributed by atoms with van der Waals surface area (Å²) in [5.74, 6) is -3.24. The van der Waals surface area contributed by atoms with Crippen LogP contribution >= 0.6 is 0 Å². The molecule has 37 heavy (non-hydrogen) atoms. The summed E-state index contributed by atoms with van der Waals surface area (Å²) in [7, 11) is 0. The summed E-state index contributed by atoms with van der Waals surface area (Å²) in [5, 5.41) is 4.20. The molecule has 2 aromatic carbocycles. The van der Waals surface area contributed by atoms with Gasteiger partial charge >= 0.3 is 12.3 Å². The summed E-state index contributed by atoms with van der Waals surface area (Å²) < 4.78 is 47.8. The van der Waals surface area contributed by atoms with Crippen molar-refractivity contribution in [2.24, 2.45) is 0 Å². The Kier molecular flexibility index (Phi) is 7.55. The van der Waals surface area contributed by atoms with Gasteiger partial charge in [0.05, 0.1) is 13.2 Å². The number of rotatable bonds is 10. The number of alkyl halides is 3. The molecule has 1 saturated carbocycles. The lowest BCUT2D eigenvalue weighted by Crippen LogP contribution is -2.52. The van der Waals surface area contributed by atoms with Gasteiger partial charge in [0.25, 0.3) is 5.91 Å². The van der Waals surface area contributed by atoms with Gasteiger partial charge in [0.2, 0.25) is 11.6 Å². The zero-order valence-corrected chi connectivity index (χ0v) is 19.7. The molecule has 0 saturated heterocycles. The molecule has 0 radical (unpaired) electrons. The molecular formula is C25H23F3N4O5. The quantitative estimate of drug-likeness (QED) is 0.230. The first-order valence-corrected chi connectivity index (χ1v) is 11.5. The van der Waals surface area contributed by atoms with Gasteiger partial charge < -0.3 is 14.4 Å². The summed E-state index contributed by atoms with van der Waals surface area (Å²) in [4.78, 5) is 45.0. The van der Waals surface area contributed by atoms with Crippen LogP contribution in [0.1, 0.15) is 46.3 Å². The molecule has 9 nitrogen and oxygen atoms in total. The smallest absolute Gasteiger partial charge is 0.464 e. The first-order chi connectivity index (χ1) is 17.7. The number of benzene rings is 2. The minimum absolute atomic E-state index is 0.0221. The lowest BCUT2D eigenvalue weighted by Gasteiger charge is -2.29. The predicted octanol–water partition coefficient (Wildman–Crippen LogP) is 3.64. The summed E-state index contributed by atoms with van der Waals surface area (Å²) in [6.45, 7) is 1.87. The van der Waals surface area contributed by atoms with E-state index in [1.165, 1.54) is 11.0 Å². The fraction of sp³-hybridized carbons (Fsp3) is 0.320. The highest BCUT2D eigenvalue weighted by atomic mass is 19.4.